The zero-order chi connectivity index (χ0) is 13.2. The van der Waals surface area contributed by atoms with Crippen LogP contribution in [0.2, 0.25) is 0 Å². The normalized spacial score (nSPS) is 10.1. The molecule has 0 aliphatic rings. The highest BCUT2D eigenvalue weighted by Crippen LogP contribution is 2.11. The van der Waals surface area contributed by atoms with E-state index in [1.54, 1.807) is 12.3 Å². The number of aromatic nitrogens is 1. The largest absolute Gasteiger partial charge is 0.381 e. The van der Waals surface area contributed by atoms with E-state index in [1.165, 1.54) is 6.20 Å². The van der Waals surface area contributed by atoms with Crippen LogP contribution in [0.5, 0.6) is 0 Å². The first-order valence-electron chi connectivity index (χ1n) is 6.06. The molecule has 1 aromatic rings. The molecule has 0 radical (unpaired) electrons. The quantitative estimate of drug-likeness (QED) is 0.363. The Morgan fingerprint density at radius 3 is 3.06 bits per heavy atom. The van der Waals surface area contributed by atoms with Crippen molar-refractivity contribution in [3.8, 4) is 0 Å². The monoisotopic (exact) mass is 252 g/mol. The van der Waals surface area contributed by atoms with E-state index in [0.29, 0.717) is 24.4 Å². The van der Waals surface area contributed by atoms with Crippen molar-refractivity contribution in [1.29, 1.82) is 0 Å². The summed E-state index contributed by atoms with van der Waals surface area (Å²) in [5.74, 6) is 5.13. The van der Waals surface area contributed by atoms with Crippen LogP contribution < -0.4 is 16.6 Å². The number of carbonyl (C=O) groups excluding carboxylic acids is 1. The second-order valence-corrected chi connectivity index (χ2v) is 3.79. The third kappa shape index (κ3) is 4.68. The minimum atomic E-state index is -0.188. The first-order chi connectivity index (χ1) is 8.79. The molecule has 6 heteroatoms. The molecular weight excluding hydrogens is 232 g/mol. The van der Waals surface area contributed by atoms with E-state index in [1.807, 2.05) is 0 Å². The summed E-state index contributed by atoms with van der Waals surface area (Å²) in [6.07, 6.45) is 4.85. The lowest BCUT2D eigenvalue weighted by atomic mass is 10.2. The van der Waals surface area contributed by atoms with Crippen LogP contribution in [-0.4, -0.2) is 30.6 Å². The molecule has 6 nitrogen and oxygen atoms in total. The van der Waals surface area contributed by atoms with Gasteiger partial charge in [-0.2, -0.15) is 0 Å². The van der Waals surface area contributed by atoms with Gasteiger partial charge in [-0.15, -0.1) is 0 Å². The van der Waals surface area contributed by atoms with Gasteiger partial charge in [0.25, 0.3) is 5.91 Å². The molecule has 0 saturated heterocycles. The number of pyridine rings is 1. The first-order valence-corrected chi connectivity index (χ1v) is 6.06. The van der Waals surface area contributed by atoms with Crippen molar-refractivity contribution in [3.63, 3.8) is 0 Å². The highest BCUT2D eigenvalue weighted by atomic mass is 16.5. The SMILES string of the molecule is CCCOCCCNC(=O)c1cnccc1NN. The van der Waals surface area contributed by atoms with Gasteiger partial charge in [-0.1, -0.05) is 6.92 Å². The van der Waals surface area contributed by atoms with Gasteiger partial charge in [0.1, 0.15) is 0 Å². The van der Waals surface area contributed by atoms with E-state index < -0.39 is 0 Å². The Balaban J connectivity index is 2.32. The molecule has 0 spiro atoms. The number of hydrogen-bond donors (Lipinski definition) is 3. The third-order valence-corrected chi connectivity index (χ3v) is 2.32. The summed E-state index contributed by atoms with van der Waals surface area (Å²) in [5, 5.41) is 2.80. The zero-order valence-electron chi connectivity index (χ0n) is 10.6. The molecule has 0 aliphatic heterocycles. The fraction of sp³-hybridized carbons (Fsp3) is 0.500. The molecule has 1 aromatic heterocycles. The number of carbonyl (C=O) groups is 1. The fourth-order valence-electron chi connectivity index (χ4n) is 1.42. The van der Waals surface area contributed by atoms with E-state index in [4.69, 9.17) is 10.6 Å². The molecule has 0 fully saturated rings. The Bertz CT molecular complexity index is 371. The Hall–Kier alpha value is -1.66. The fourth-order valence-corrected chi connectivity index (χ4v) is 1.42. The summed E-state index contributed by atoms with van der Waals surface area (Å²) in [7, 11) is 0. The molecule has 0 aromatic carbocycles. The molecule has 0 unspecified atom stereocenters. The molecule has 100 valence electrons. The molecule has 0 bridgehead atoms. The van der Waals surface area contributed by atoms with Crippen LogP contribution in [0.15, 0.2) is 18.5 Å². The van der Waals surface area contributed by atoms with Gasteiger partial charge in [0.15, 0.2) is 0 Å². The maximum Gasteiger partial charge on any atom is 0.255 e. The van der Waals surface area contributed by atoms with Crippen LogP contribution in [0.3, 0.4) is 0 Å². The van der Waals surface area contributed by atoms with Crippen LogP contribution in [0.25, 0.3) is 0 Å². The molecular formula is C12H20N4O2. The van der Waals surface area contributed by atoms with E-state index >= 15 is 0 Å². The van der Waals surface area contributed by atoms with Crippen LogP contribution in [0.1, 0.15) is 30.1 Å². The third-order valence-electron chi connectivity index (χ3n) is 2.32. The van der Waals surface area contributed by atoms with E-state index in [-0.39, 0.29) is 5.91 Å². The molecule has 1 amide bonds. The summed E-state index contributed by atoms with van der Waals surface area (Å²) in [6.45, 7) is 4.05. The van der Waals surface area contributed by atoms with E-state index in [0.717, 1.165) is 19.4 Å². The average molecular weight is 252 g/mol. The van der Waals surface area contributed by atoms with Gasteiger partial charge in [0.2, 0.25) is 0 Å². The summed E-state index contributed by atoms with van der Waals surface area (Å²) in [6, 6.07) is 1.65. The minimum Gasteiger partial charge on any atom is -0.381 e. The zero-order valence-corrected chi connectivity index (χ0v) is 10.6. The first kappa shape index (κ1) is 14.4. The number of nitrogens with zero attached hydrogens (tertiary/aromatic N) is 1. The summed E-state index contributed by atoms with van der Waals surface area (Å²) < 4.78 is 5.32. The number of amides is 1. The van der Waals surface area contributed by atoms with Crippen molar-refractivity contribution < 1.29 is 9.53 Å². The topological polar surface area (TPSA) is 89.3 Å². The number of anilines is 1. The van der Waals surface area contributed by atoms with Gasteiger partial charge in [-0.3, -0.25) is 15.6 Å². The predicted molar refractivity (Wildman–Crippen MR) is 70.1 cm³/mol. The molecule has 0 aliphatic carbocycles. The second-order valence-electron chi connectivity index (χ2n) is 3.79. The summed E-state index contributed by atoms with van der Waals surface area (Å²) in [5.41, 5.74) is 3.47. The van der Waals surface area contributed by atoms with Gasteiger partial charge in [-0.05, 0) is 18.9 Å². The number of nitrogens with one attached hydrogen (secondary N) is 2. The standard InChI is InChI=1S/C12H20N4O2/c1-2-7-18-8-3-5-15-12(17)10-9-14-6-4-11(10)16-13/h4,6,9H,2-3,5,7-8,13H2,1H3,(H,14,16)(H,15,17). The molecule has 1 heterocycles. The number of nitrogens with two attached hydrogens (primary N) is 1. The average Bonchev–Trinajstić information content (AvgIpc) is 2.42. The van der Waals surface area contributed by atoms with Gasteiger partial charge in [-0.25, -0.2) is 0 Å². The van der Waals surface area contributed by atoms with Crippen molar-refractivity contribution in [2.75, 3.05) is 25.2 Å². The van der Waals surface area contributed by atoms with Gasteiger partial charge in [0.05, 0.1) is 11.3 Å². The lowest BCUT2D eigenvalue weighted by Crippen LogP contribution is -2.27. The number of hydrogen-bond acceptors (Lipinski definition) is 5. The van der Waals surface area contributed by atoms with Crippen LogP contribution >= 0.6 is 0 Å². The highest BCUT2D eigenvalue weighted by molar-refractivity contribution is 5.99. The number of nitrogen functional groups attached to an aromatic ring is 1. The molecule has 1 rings (SSSR count). The summed E-state index contributed by atoms with van der Waals surface area (Å²) in [4.78, 5) is 15.7. The Morgan fingerprint density at radius 1 is 1.50 bits per heavy atom. The van der Waals surface area contributed by atoms with Crippen LogP contribution in [-0.2, 0) is 4.74 Å². The Morgan fingerprint density at radius 2 is 2.33 bits per heavy atom. The number of ether oxygens (including phenoxy) is 1. The van der Waals surface area contributed by atoms with Gasteiger partial charge < -0.3 is 15.5 Å². The minimum absolute atomic E-state index is 0.188. The number of rotatable bonds is 8. The summed E-state index contributed by atoms with van der Waals surface area (Å²) >= 11 is 0. The molecule has 18 heavy (non-hydrogen) atoms. The Kier molecular flexibility index (Phi) is 6.75. The van der Waals surface area contributed by atoms with Gasteiger partial charge >= 0.3 is 0 Å². The number of hydrazine groups is 1. The smallest absolute Gasteiger partial charge is 0.255 e. The van der Waals surface area contributed by atoms with E-state index in [9.17, 15) is 4.79 Å². The van der Waals surface area contributed by atoms with Crippen molar-refractivity contribution in [1.82, 2.24) is 10.3 Å². The molecule has 0 saturated carbocycles. The maximum absolute atomic E-state index is 11.8. The van der Waals surface area contributed by atoms with E-state index in [2.05, 4.69) is 22.7 Å². The van der Waals surface area contributed by atoms with Crippen molar-refractivity contribution in [2.45, 2.75) is 19.8 Å². The maximum atomic E-state index is 11.8. The lowest BCUT2D eigenvalue weighted by molar-refractivity contribution is 0.0942. The highest BCUT2D eigenvalue weighted by Gasteiger charge is 2.09. The van der Waals surface area contributed by atoms with Crippen molar-refractivity contribution in [3.05, 3.63) is 24.0 Å². The van der Waals surface area contributed by atoms with Crippen molar-refractivity contribution >= 4 is 11.6 Å². The Labute approximate surface area is 107 Å². The van der Waals surface area contributed by atoms with Crippen molar-refractivity contribution in [2.24, 2.45) is 5.84 Å². The molecule has 4 N–H and O–H groups in total. The lowest BCUT2D eigenvalue weighted by Gasteiger charge is -2.09. The second kappa shape index (κ2) is 8.43. The van der Waals surface area contributed by atoms with Crippen LogP contribution in [0, 0.1) is 0 Å². The van der Waals surface area contributed by atoms with Gasteiger partial charge in [0, 0.05) is 32.2 Å². The predicted octanol–water partition coefficient (Wildman–Crippen LogP) is 0.914. The molecule has 0 atom stereocenters. The van der Waals surface area contributed by atoms with Crippen LogP contribution in [0.4, 0.5) is 5.69 Å².